The fourth-order valence-electron chi connectivity index (χ4n) is 8.84. The van der Waals surface area contributed by atoms with Crippen molar-refractivity contribution in [2.75, 3.05) is 6.54 Å². The molecule has 0 radical (unpaired) electrons. The first-order valence-electron chi connectivity index (χ1n) is 14.9. The van der Waals surface area contributed by atoms with Crippen molar-refractivity contribution in [1.29, 1.82) is 0 Å². The lowest BCUT2D eigenvalue weighted by Gasteiger charge is -2.56. The second kappa shape index (κ2) is 8.78. The molecule has 2 aromatic carbocycles. The predicted octanol–water partition coefficient (Wildman–Crippen LogP) is 1.84. The van der Waals surface area contributed by atoms with Gasteiger partial charge in [0.25, 0.3) is 11.5 Å². The van der Waals surface area contributed by atoms with Gasteiger partial charge in [-0.2, -0.15) is 0 Å². The van der Waals surface area contributed by atoms with Crippen molar-refractivity contribution in [3.05, 3.63) is 98.5 Å². The average molecular weight is 567 g/mol. The highest BCUT2D eigenvalue weighted by Crippen LogP contribution is 2.71. The summed E-state index contributed by atoms with van der Waals surface area (Å²) >= 11 is 0. The molecule has 2 amide bonds. The summed E-state index contributed by atoms with van der Waals surface area (Å²) in [6, 6.07) is 15.6. The largest absolute Gasteiger partial charge is 0.508 e. The Morgan fingerprint density at radius 1 is 1.12 bits per heavy atom. The zero-order valence-electron chi connectivity index (χ0n) is 23.2. The highest BCUT2D eigenvalue weighted by molar-refractivity contribution is 5.97. The smallest absolute Gasteiger partial charge is 0.261 e. The van der Waals surface area contributed by atoms with E-state index >= 15 is 0 Å². The lowest BCUT2D eigenvalue weighted by Crippen LogP contribution is -2.67. The van der Waals surface area contributed by atoms with Gasteiger partial charge in [-0.3, -0.25) is 19.3 Å². The number of hydrogen-bond donors (Lipinski definition) is 5. The van der Waals surface area contributed by atoms with Crippen LogP contribution in [-0.4, -0.2) is 56.1 Å². The Kier molecular flexibility index (Phi) is 5.38. The number of H-pyrrole nitrogens is 1. The lowest BCUT2D eigenvalue weighted by atomic mass is 9.59. The zero-order valence-corrected chi connectivity index (χ0v) is 23.2. The molecular weight excluding hydrogens is 532 g/mol. The van der Waals surface area contributed by atoms with E-state index in [0.29, 0.717) is 24.0 Å². The third-order valence-electron chi connectivity index (χ3n) is 10.8. The lowest BCUT2D eigenvalue weighted by molar-refractivity contribution is -0.140. The number of aromatic amines is 1. The molecule has 1 saturated heterocycles. The Labute approximate surface area is 242 Å². The Bertz CT molecular complexity index is 1700. The molecule has 6 atom stereocenters. The SMILES string of the molecule is NC(=O)[C@H](Cc1ccccc1)NC(=O)c1cc2c([nH]c1=O)C[C@]13CC4C(c5ccc(O)cc51)N(CC1CC1)[C@H]4C3(O)C2. The Balaban J connectivity index is 1.16. The molecule has 4 bridgehead atoms. The molecule has 3 heterocycles. The number of carbonyl (C=O) groups is 2. The molecule has 6 aliphatic rings. The number of carbonyl (C=O) groups excluding carboxylic acids is 2. The molecule has 9 rings (SSSR count). The topological polar surface area (TPSA) is 149 Å². The summed E-state index contributed by atoms with van der Waals surface area (Å²) in [6.07, 6.45) is 4.13. The van der Waals surface area contributed by atoms with Gasteiger partial charge in [0.15, 0.2) is 0 Å². The van der Waals surface area contributed by atoms with Crippen LogP contribution in [0.15, 0.2) is 59.4 Å². The minimum absolute atomic E-state index is 0.0277. The molecule has 3 fully saturated rings. The van der Waals surface area contributed by atoms with Gasteiger partial charge in [-0.15, -0.1) is 0 Å². The monoisotopic (exact) mass is 566 g/mol. The molecule has 3 aromatic rings. The maximum Gasteiger partial charge on any atom is 0.261 e. The van der Waals surface area contributed by atoms with E-state index in [9.17, 15) is 24.6 Å². The molecule has 9 heteroatoms. The van der Waals surface area contributed by atoms with Crippen LogP contribution in [0.5, 0.6) is 5.75 Å². The molecule has 2 aliphatic heterocycles. The third kappa shape index (κ3) is 3.53. The van der Waals surface area contributed by atoms with E-state index in [-0.39, 0.29) is 36.2 Å². The van der Waals surface area contributed by atoms with Gasteiger partial charge < -0.3 is 26.2 Å². The summed E-state index contributed by atoms with van der Waals surface area (Å²) < 4.78 is 0. The molecule has 2 saturated carbocycles. The highest BCUT2D eigenvalue weighted by Gasteiger charge is 2.76. The predicted molar refractivity (Wildman–Crippen MR) is 154 cm³/mol. The first kappa shape index (κ1) is 25.7. The van der Waals surface area contributed by atoms with Crippen molar-refractivity contribution in [3.63, 3.8) is 0 Å². The molecule has 6 N–H and O–H groups in total. The number of primary amides is 1. The molecule has 216 valence electrons. The number of aromatic hydroxyl groups is 1. The fraction of sp³-hybridized carbons (Fsp3) is 0.424. The third-order valence-corrected chi connectivity index (χ3v) is 10.8. The van der Waals surface area contributed by atoms with E-state index in [1.165, 1.54) is 18.4 Å². The highest BCUT2D eigenvalue weighted by atomic mass is 16.3. The van der Waals surface area contributed by atoms with Gasteiger partial charge in [0.2, 0.25) is 5.91 Å². The maximum atomic E-state index is 13.4. The van der Waals surface area contributed by atoms with E-state index in [1.54, 1.807) is 12.1 Å². The van der Waals surface area contributed by atoms with Crippen LogP contribution in [0.1, 0.15) is 63.6 Å². The van der Waals surface area contributed by atoms with Gasteiger partial charge in [-0.05, 0) is 71.6 Å². The number of hydrogen-bond acceptors (Lipinski definition) is 6. The van der Waals surface area contributed by atoms with Crippen LogP contribution in [0.25, 0.3) is 0 Å². The van der Waals surface area contributed by atoms with Crippen LogP contribution in [-0.2, 0) is 29.5 Å². The first-order chi connectivity index (χ1) is 20.2. The summed E-state index contributed by atoms with van der Waals surface area (Å²) in [4.78, 5) is 44.3. The van der Waals surface area contributed by atoms with Crippen molar-refractivity contribution in [3.8, 4) is 5.75 Å². The number of nitrogens with zero attached hydrogens (tertiary/aromatic N) is 1. The van der Waals surface area contributed by atoms with E-state index in [1.807, 2.05) is 42.5 Å². The van der Waals surface area contributed by atoms with Crippen LogP contribution < -0.4 is 16.6 Å². The summed E-state index contributed by atoms with van der Waals surface area (Å²) in [5.74, 6) is -0.238. The summed E-state index contributed by atoms with van der Waals surface area (Å²) in [6.45, 7) is 0.951. The molecule has 4 aliphatic carbocycles. The number of nitrogens with one attached hydrogen (secondary N) is 2. The number of amides is 2. The summed E-state index contributed by atoms with van der Waals surface area (Å²) in [5.41, 5.74) is 7.63. The molecule has 42 heavy (non-hydrogen) atoms. The number of benzene rings is 2. The number of phenols is 1. The zero-order chi connectivity index (χ0) is 29.0. The van der Waals surface area contributed by atoms with Gasteiger partial charge in [-0.1, -0.05) is 36.4 Å². The number of aliphatic hydroxyl groups is 1. The minimum atomic E-state index is -1.12. The van der Waals surface area contributed by atoms with Crippen LogP contribution in [0, 0.1) is 11.8 Å². The second-order valence-corrected chi connectivity index (χ2v) is 13.2. The van der Waals surface area contributed by atoms with E-state index < -0.39 is 34.4 Å². The Hall–Kier alpha value is -3.95. The number of pyridine rings is 1. The van der Waals surface area contributed by atoms with Crippen LogP contribution >= 0.6 is 0 Å². The van der Waals surface area contributed by atoms with E-state index in [4.69, 9.17) is 5.73 Å². The van der Waals surface area contributed by atoms with Crippen LogP contribution in [0.2, 0.25) is 0 Å². The van der Waals surface area contributed by atoms with Crippen molar-refractivity contribution >= 4 is 11.8 Å². The van der Waals surface area contributed by atoms with Gasteiger partial charge >= 0.3 is 0 Å². The summed E-state index contributed by atoms with van der Waals surface area (Å²) in [7, 11) is 0. The number of fused-ring (bicyclic) bond motifs is 1. The molecule has 0 spiro atoms. The first-order valence-corrected chi connectivity index (χ1v) is 14.9. The number of phenolic OH excluding ortho intramolecular Hbond substituents is 1. The Morgan fingerprint density at radius 2 is 1.90 bits per heavy atom. The molecule has 3 unspecified atom stereocenters. The standard InChI is InChI=1S/C33H34N4O5/c34-29(39)25(10-17-4-2-1-3-5-17)35-30(40)22-11-19-13-33(42)28-23-14-32(33,15-26(19)36-31(22)41)24-12-20(38)8-9-21(24)27(23)37(28)16-18-6-7-18/h1-5,8-9,11-12,18,23,25,27-28,38,42H,6-7,10,13-16H2,(H2,34,39)(H,35,40)(H,36,41)/t23?,25-,27?,28+,32+,33?/m0/s1. The average Bonchev–Trinajstić information content (AvgIpc) is 3.75. The minimum Gasteiger partial charge on any atom is -0.508 e. The molecule has 9 nitrogen and oxygen atoms in total. The van der Waals surface area contributed by atoms with Crippen molar-refractivity contribution in [2.45, 2.75) is 67.7 Å². The number of nitrogens with two attached hydrogens (primary N) is 1. The van der Waals surface area contributed by atoms with Gasteiger partial charge in [0, 0.05) is 49.0 Å². The quantitative estimate of drug-likeness (QED) is 0.295. The van der Waals surface area contributed by atoms with Crippen molar-refractivity contribution in [2.24, 2.45) is 17.6 Å². The normalized spacial score (nSPS) is 30.8. The molecule has 1 aromatic heterocycles. The van der Waals surface area contributed by atoms with Gasteiger partial charge in [-0.25, -0.2) is 0 Å². The second-order valence-electron chi connectivity index (χ2n) is 13.2. The number of aromatic nitrogens is 1. The Morgan fingerprint density at radius 3 is 2.64 bits per heavy atom. The van der Waals surface area contributed by atoms with Crippen molar-refractivity contribution in [1.82, 2.24) is 15.2 Å². The number of rotatable bonds is 7. The van der Waals surface area contributed by atoms with E-state index in [2.05, 4.69) is 15.2 Å². The van der Waals surface area contributed by atoms with Gasteiger partial charge in [0.1, 0.15) is 17.4 Å². The van der Waals surface area contributed by atoms with Gasteiger partial charge in [0.05, 0.1) is 5.60 Å². The fourth-order valence-corrected chi connectivity index (χ4v) is 8.84. The van der Waals surface area contributed by atoms with Crippen molar-refractivity contribution < 1.29 is 19.8 Å². The van der Waals surface area contributed by atoms with Crippen LogP contribution in [0.4, 0.5) is 0 Å². The maximum absolute atomic E-state index is 13.4. The summed E-state index contributed by atoms with van der Waals surface area (Å²) in [5, 5.41) is 25.9. The van der Waals surface area contributed by atoms with E-state index in [0.717, 1.165) is 29.7 Å². The van der Waals surface area contributed by atoms with Crippen LogP contribution in [0.3, 0.4) is 0 Å². The molecular formula is C33H34N4O5.